The molecular weight excluding hydrogens is 314 g/mol. The average Bonchev–Trinajstić information content (AvgIpc) is 2.44. The highest BCUT2D eigenvalue weighted by molar-refractivity contribution is 6.05. The number of rotatable bonds is 4. The summed E-state index contributed by atoms with van der Waals surface area (Å²) in [6, 6.07) is 5.39. The zero-order valence-corrected chi connectivity index (χ0v) is 13.7. The fraction of sp³-hybridized carbons (Fsp3) is 0.471. The topological polar surface area (TPSA) is 115 Å². The fourth-order valence-corrected chi connectivity index (χ4v) is 3.73. The largest absolute Gasteiger partial charge is 0.389 e. The predicted molar refractivity (Wildman–Crippen MR) is 84.4 cm³/mol. The second-order valence-electron chi connectivity index (χ2n) is 6.55. The van der Waals surface area contributed by atoms with Gasteiger partial charge in [0.25, 0.3) is 5.69 Å². The van der Waals surface area contributed by atoms with Gasteiger partial charge in [-0.15, -0.1) is 0 Å². The van der Waals surface area contributed by atoms with Crippen molar-refractivity contribution in [3.63, 3.8) is 0 Å². The first kappa shape index (κ1) is 17.9. The third-order valence-electron chi connectivity index (χ3n) is 4.63. The molecule has 0 spiro atoms. The third kappa shape index (κ3) is 3.12. The van der Waals surface area contributed by atoms with Crippen LogP contribution in [-0.2, 0) is 14.4 Å². The predicted octanol–water partition coefficient (Wildman–Crippen LogP) is 1.81. The lowest BCUT2D eigenvalue weighted by Crippen LogP contribution is -2.53. The molecule has 1 N–H and O–H groups in total. The van der Waals surface area contributed by atoms with Crippen molar-refractivity contribution in [3.05, 3.63) is 39.9 Å². The van der Waals surface area contributed by atoms with Crippen LogP contribution in [-0.4, -0.2) is 33.0 Å². The minimum absolute atomic E-state index is 0.133. The van der Waals surface area contributed by atoms with E-state index in [1.165, 1.54) is 45.0 Å². The van der Waals surface area contributed by atoms with Crippen LogP contribution in [0.3, 0.4) is 0 Å². The molecular formula is C17H19NO6. The number of nitro groups is 1. The van der Waals surface area contributed by atoms with Crippen LogP contribution in [0.5, 0.6) is 0 Å². The molecule has 128 valence electrons. The first-order valence-electron chi connectivity index (χ1n) is 7.56. The first-order chi connectivity index (χ1) is 11.1. The van der Waals surface area contributed by atoms with Crippen molar-refractivity contribution < 1.29 is 24.4 Å². The maximum absolute atomic E-state index is 12.4. The van der Waals surface area contributed by atoms with Crippen molar-refractivity contribution in [3.8, 4) is 0 Å². The van der Waals surface area contributed by atoms with E-state index in [-0.39, 0.29) is 23.7 Å². The molecule has 0 aromatic heterocycles. The van der Waals surface area contributed by atoms with Crippen molar-refractivity contribution in [1.82, 2.24) is 0 Å². The Morgan fingerprint density at radius 1 is 1.21 bits per heavy atom. The zero-order chi connectivity index (χ0) is 18.2. The number of benzene rings is 1. The Bertz CT molecular complexity index is 706. The van der Waals surface area contributed by atoms with Gasteiger partial charge in [-0.2, -0.15) is 0 Å². The van der Waals surface area contributed by atoms with Crippen LogP contribution >= 0.6 is 0 Å². The van der Waals surface area contributed by atoms with Gasteiger partial charge < -0.3 is 5.11 Å². The molecule has 24 heavy (non-hydrogen) atoms. The smallest absolute Gasteiger partial charge is 0.269 e. The molecule has 1 saturated carbocycles. The molecule has 1 aromatic rings. The minimum atomic E-state index is -1.57. The number of aliphatic hydroxyl groups is 1. The highest BCUT2D eigenvalue weighted by atomic mass is 16.6. The molecule has 4 atom stereocenters. The van der Waals surface area contributed by atoms with E-state index in [0.29, 0.717) is 5.56 Å². The monoisotopic (exact) mass is 333 g/mol. The highest BCUT2D eigenvalue weighted by Crippen LogP contribution is 2.46. The van der Waals surface area contributed by atoms with E-state index in [4.69, 9.17) is 0 Å². The van der Waals surface area contributed by atoms with Crippen molar-refractivity contribution in [2.75, 3.05) is 0 Å². The standard InChI is InChI=1S/C17H19NO6/c1-9(19)14-13(21)8-17(3,22)16(10(2)20)15(14)11-4-6-12(7-5-11)18(23)24/h4-7,14-16,22H,8H2,1-3H3/t14-,15-,16-,17-/m0/s1. The first-order valence-corrected chi connectivity index (χ1v) is 7.56. The Labute approximate surface area is 138 Å². The molecule has 2 rings (SSSR count). The fourth-order valence-electron chi connectivity index (χ4n) is 3.73. The van der Waals surface area contributed by atoms with Gasteiger partial charge in [0.1, 0.15) is 17.3 Å². The summed E-state index contributed by atoms with van der Waals surface area (Å²) in [6.07, 6.45) is -0.273. The molecule has 0 aliphatic heterocycles. The second kappa shape index (κ2) is 6.24. The summed E-state index contributed by atoms with van der Waals surface area (Å²) in [6.45, 7) is 3.99. The van der Waals surface area contributed by atoms with Gasteiger partial charge in [-0.05, 0) is 26.3 Å². The van der Waals surface area contributed by atoms with Crippen LogP contribution in [0, 0.1) is 22.0 Å². The number of nitro benzene ring substituents is 1. The van der Waals surface area contributed by atoms with Crippen LogP contribution < -0.4 is 0 Å². The summed E-state index contributed by atoms with van der Waals surface area (Å²) in [7, 11) is 0. The number of ketones is 3. The highest BCUT2D eigenvalue weighted by Gasteiger charge is 2.53. The minimum Gasteiger partial charge on any atom is -0.389 e. The van der Waals surface area contributed by atoms with Crippen LogP contribution in [0.25, 0.3) is 0 Å². The Balaban J connectivity index is 2.60. The van der Waals surface area contributed by atoms with Crippen molar-refractivity contribution in [2.45, 2.75) is 38.7 Å². The Morgan fingerprint density at radius 3 is 2.17 bits per heavy atom. The molecule has 0 bridgehead atoms. The molecule has 0 heterocycles. The van der Waals surface area contributed by atoms with Crippen LogP contribution in [0.15, 0.2) is 24.3 Å². The van der Waals surface area contributed by atoms with Gasteiger partial charge in [-0.1, -0.05) is 12.1 Å². The second-order valence-corrected chi connectivity index (χ2v) is 6.55. The number of Topliss-reactive ketones (excluding diaryl/α,β-unsaturated/α-hetero) is 3. The van der Waals surface area contributed by atoms with E-state index in [9.17, 15) is 29.6 Å². The van der Waals surface area contributed by atoms with Crippen molar-refractivity contribution in [1.29, 1.82) is 0 Å². The Morgan fingerprint density at radius 2 is 1.75 bits per heavy atom. The number of hydrogen-bond acceptors (Lipinski definition) is 6. The van der Waals surface area contributed by atoms with E-state index in [1.54, 1.807) is 0 Å². The van der Waals surface area contributed by atoms with E-state index in [2.05, 4.69) is 0 Å². The normalized spacial score (nSPS) is 30.0. The molecule has 0 amide bonds. The molecule has 7 nitrogen and oxygen atoms in total. The quantitative estimate of drug-likeness (QED) is 0.510. The Hall–Kier alpha value is -2.41. The maximum Gasteiger partial charge on any atom is 0.269 e. The summed E-state index contributed by atoms with van der Waals surface area (Å²) < 4.78 is 0. The van der Waals surface area contributed by atoms with E-state index < -0.39 is 34.1 Å². The lowest BCUT2D eigenvalue weighted by atomic mass is 9.60. The van der Waals surface area contributed by atoms with Gasteiger partial charge in [-0.25, -0.2) is 0 Å². The lowest BCUT2D eigenvalue weighted by Gasteiger charge is -2.44. The summed E-state index contributed by atoms with van der Waals surface area (Å²) in [4.78, 5) is 46.8. The number of carbonyl (C=O) groups excluding carboxylic acids is 3. The van der Waals surface area contributed by atoms with E-state index >= 15 is 0 Å². The van der Waals surface area contributed by atoms with Crippen LogP contribution in [0.2, 0.25) is 0 Å². The summed E-state index contributed by atoms with van der Waals surface area (Å²) >= 11 is 0. The molecule has 1 fully saturated rings. The van der Waals surface area contributed by atoms with E-state index in [1.807, 2.05) is 0 Å². The van der Waals surface area contributed by atoms with Gasteiger partial charge >= 0.3 is 0 Å². The van der Waals surface area contributed by atoms with Crippen LogP contribution in [0.1, 0.15) is 38.7 Å². The number of hydrogen-bond donors (Lipinski definition) is 1. The number of carbonyl (C=O) groups is 3. The van der Waals surface area contributed by atoms with Gasteiger partial charge in [0.2, 0.25) is 0 Å². The van der Waals surface area contributed by atoms with E-state index in [0.717, 1.165) is 0 Å². The summed E-state index contributed by atoms with van der Waals surface area (Å²) in [5.41, 5.74) is -1.25. The molecule has 0 saturated heterocycles. The van der Waals surface area contributed by atoms with Crippen molar-refractivity contribution >= 4 is 23.0 Å². The van der Waals surface area contributed by atoms with Gasteiger partial charge in [0.05, 0.1) is 22.4 Å². The lowest BCUT2D eigenvalue weighted by molar-refractivity contribution is -0.384. The maximum atomic E-state index is 12.4. The molecule has 7 heteroatoms. The SMILES string of the molecule is CC(=O)[C@H]1C(=O)C[C@](C)(O)[C@@H](C(C)=O)[C@H]1c1ccc([N+](=O)[O-])cc1. The Kier molecular flexibility index (Phi) is 4.66. The number of non-ortho nitro benzene ring substituents is 1. The van der Waals surface area contributed by atoms with Crippen molar-refractivity contribution in [2.24, 2.45) is 11.8 Å². The summed E-state index contributed by atoms with van der Waals surface area (Å²) in [5.74, 6) is -3.95. The van der Waals surface area contributed by atoms with Crippen LogP contribution in [0.4, 0.5) is 5.69 Å². The summed E-state index contributed by atoms with van der Waals surface area (Å²) in [5, 5.41) is 21.4. The van der Waals surface area contributed by atoms with Gasteiger partial charge in [0.15, 0.2) is 0 Å². The third-order valence-corrected chi connectivity index (χ3v) is 4.63. The van der Waals surface area contributed by atoms with Gasteiger partial charge in [-0.3, -0.25) is 24.5 Å². The number of nitrogens with zero attached hydrogens (tertiary/aromatic N) is 1. The van der Waals surface area contributed by atoms with Gasteiger partial charge in [0, 0.05) is 24.5 Å². The molecule has 1 aliphatic rings. The average molecular weight is 333 g/mol. The molecule has 0 radical (unpaired) electrons. The zero-order valence-electron chi connectivity index (χ0n) is 13.7. The molecule has 1 aromatic carbocycles. The molecule has 0 unspecified atom stereocenters. The molecule has 1 aliphatic carbocycles.